The Morgan fingerprint density at radius 1 is 1.13 bits per heavy atom. The maximum Gasteiger partial charge on any atom is 0.277 e. The van der Waals surface area contributed by atoms with Gasteiger partial charge in [0.15, 0.2) is 6.61 Å². The van der Waals surface area contributed by atoms with E-state index in [1.54, 1.807) is 49.4 Å². The lowest BCUT2D eigenvalue weighted by molar-refractivity contribution is -0.123. The number of thioether (sulfide) groups is 1. The van der Waals surface area contributed by atoms with Gasteiger partial charge in [0.2, 0.25) is 0 Å². The summed E-state index contributed by atoms with van der Waals surface area (Å²) < 4.78 is 10.4. The lowest BCUT2D eigenvalue weighted by Crippen LogP contribution is -2.24. The molecule has 0 heterocycles. The molecule has 6 heteroatoms. The summed E-state index contributed by atoms with van der Waals surface area (Å²) in [5.74, 6) is 1.01. The average Bonchev–Trinajstić information content (AvgIpc) is 2.61. The number of amides is 1. The summed E-state index contributed by atoms with van der Waals surface area (Å²) in [6.45, 7) is -0.102. The second-order valence-electron chi connectivity index (χ2n) is 4.53. The molecule has 0 bridgehead atoms. The third kappa shape index (κ3) is 5.67. The molecule has 120 valence electrons. The van der Waals surface area contributed by atoms with Gasteiger partial charge in [0.1, 0.15) is 11.5 Å². The number of hydrogen-bond acceptors (Lipinski definition) is 5. The minimum Gasteiger partial charge on any atom is -0.497 e. The van der Waals surface area contributed by atoms with Gasteiger partial charge >= 0.3 is 0 Å². The zero-order chi connectivity index (χ0) is 16.5. The molecule has 2 aromatic carbocycles. The van der Waals surface area contributed by atoms with Gasteiger partial charge in [-0.25, -0.2) is 5.43 Å². The summed E-state index contributed by atoms with van der Waals surface area (Å²) in [5, 5.41) is 3.91. The average molecular weight is 330 g/mol. The quantitative estimate of drug-likeness (QED) is 0.482. The second-order valence-corrected chi connectivity index (χ2v) is 5.41. The third-order valence-corrected chi connectivity index (χ3v) is 3.69. The van der Waals surface area contributed by atoms with Crippen molar-refractivity contribution in [3.63, 3.8) is 0 Å². The van der Waals surface area contributed by atoms with Crippen molar-refractivity contribution in [1.82, 2.24) is 5.43 Å². The van der Waals surface area contributed by atoms with Crippen molar-refractivity contribution < 1.29 is 14.3 Å². The van der Waals surface area contributed by atoms with Crippen LogP contribution in [-0.4, -0.2) is 32.1 Å². The van der Waals surface area contributed by atoms with Crippen LogP contribution in [0.2, 0.25) is 0 Å². The van der Waals surface area contributed by atoms with E-state index >= 15 is 0 Å². The van der Waals surface area contributed by atoms with Crippen LogP contribution in [0.25, 0.3) is 0 Å². The highest BCUT2D eigenvalue weighted by Gasteiger charge is 2.01. The third-order valence-electron chi connectivity index (χ3n) is 2.95. The van der Waals surface area contributed by atoms with Crippen molar-refractivity contribution in [2.75, 3.05) is 20.0 Å². The largest absolute Gasteiger partial charge is 0.497 e. The molecule has 0 fully saturated rings. The van der Waals surface area contributed by atoms with E-state index in [2.05, 4.69) is 10.5 Å². The van der Waals surface area contributed by atoms with Crippen LogP contribution in [0.3, 0.4) is 0 Å². The van der Waals surface area contributed by atoms with E-state index < -0.39 is 0 Å². The highest BCUT2D eigenvalue weighted by molar-refractivity contribution is 7.98. The van der Waals surface area contributed by atoms with Crippen molar-refractivity contribution in [1.29, 1.82) is 0 Å². The predicted molar refractivity (Wildman–Crippen MR) is 92.4 cm³/mol. The zero-order valence-electron chi connectivity index (χ0n) is 13.0. The van der Waals surface area contributed by atoms with Gasteiger partial charge in [-0.3, -0.25) is 4.79 Å². The number of benzene rings is 2. The lowest BCUT2D eigenvalue weighted by atomic mass is 10.2. The second kappa shape index (κ2) is 8.85. The highest BCUT2D eigenvalue weighted by Crippen LogP contribution is 2.16. The van der Waals surface area contributed by atoms with Crippen molar-refractivity contribution in [2.45, 2.75) is 4.90 Å². The van der Waals surface area contributed by atoms with E-state index in [0.29, 0.717) is 5.75 Å². The fourth-order valence-electron chi connectivity index (χ4n) is 1.72. The molecule has 5 nitrogen and oxygen atoms in total. The van der Waals surface area contributed by atoms with Gasteiger partial charge in [0.25, 0.3) is 5.91 Å². The van der Waals surface area contributed by atoms with E-state index in [1.807, 2.05) is 30.5 Å². The molecule has 0 spiro atoms. The normalized spacial score (nSPS) is 10.5. The Hall–Kier alpha value is -2.47. The maximum atomic E-state index is 11.7. The van der Waals surface area contributed by atoms with Crippen LogP contribution in [0.15, 0.2) is 58.5 Å². The zero-order valence-corrected chi connectivity index (χ0v) is 13.8. The van der Waals surface area contributed by atoms with Gasteiger partial charge in [-0.15, -0.1) is 11.8 Å². The first-order valence-electron chi connectivity index (χ1n) is 6.94. The predicted octanol–water partition coefficient (Wildman–Crippen LogP) is 2.95. The van der Waals surface area contributed by atoms with E-state index in [0.717, 1.165) is 11.3 Å². The molecule has 0 aliphatic carbocycles. The molecule has 0 atom stereocenters. The number of methoxy groups -OCH3 is 1. The van der Waals surface area contributed by atoms with E-state index in [9.17, 15) is 4.79 Å². The van der Waals surface area contributed by atoms with Crippen LogP contribution in [0.1, 0.15) is 5.56 Å². The molecule has 0 saturated carbocycles. The van der Waals surface area contributed by atoms with Gasteiger partial charge in [0.05, 0.1) is 13.3 Å². The fraction of sp³-hybridized carbons (Fsp3) is 0.176. The number of hydrogen-bond donors (Lipinski definition) is 1. The van der Waals surface area contributed by atoms with Crippen LogP contribution in [0, 0.1) is 0 Å². The monoisotopic (exact) mass is 330 g/mol. The first kappa shape index (κ1) is 16.9. The summed E-state index contributed by atoms with van der Waals surface area (Å²) in [4.78, 5) is 12.8. The summed E-state index contributed by atoms with van der Waals surface area (Å²) in [5.41, 5.74) is 3.34. The molecule has 0 aromatic heterocycles. The van der Waals surface area contributed by atoms with Gasteiger partial charge in [-0.05, 0) is 48.2 Å². The minimum atomic E-state index is -0.321. The summed E-state index contributed by atoms with van der Waals surface area (Å²) in [7, 11) is 1.59. The lowest BCUT2D eigenvalue weighted by Gasteiger charge is -2.05. The van der Waals surface area contributed by atoms with Gasteiger partial charge < -0.3 is 9.47 Å². The molecule has 0 aliphatic rings. The number of nitrogens with one attached hydrogen (secondary N) is 1. The molecule has 0 saturated heterocycles. The van der Waals surface area contributed by atoms with Gasteiger partial charge in [-0.2, -0.15) is 5.10 Å². The standard InChI is InChI=1S/C17H18N2O3S/c1-21-14-5-7-15(8-6-14)22-12-17(20)19-18-11-13-3-9-16(23-2)10-4-13/h3-11H,12H2,1-2H3,(H,19,20). The smallest absolute Gasteiger partial charge is 0.277 e. The van der Waals surface area contributed by atoms with E-state index in [-0.39, 0.29) is 12.5 Å². The number of hydrazone groups is 1. The Morgan fingerprint density at radius 2 is 1.78 bits per heavy atom. The molecule has 23 heavy (non-hydrogen) atoms. The molecule has 0 unspecified atom stereocenters. The highest BCUT2D eigenvalue weighted by atomic mass is 32.2. The van der Waals surface area contributed by atoms with Crippen molar-refractivity contribution in [3.8, 4) is 11.5 Å². The van der Waals surface area contributed by atoms with Gasteiger partial charge in [-0.1, -0.05) is 12.1 Å². The molecule has 1 amide bonds. The molecule has 2 rings (SSSR count). The molecule has 0 aliphatic heterocycles. The van der Waals surface area contributed by atoms with Crippen LogP contribution in [0.5, 0.6) is 11.5 Å². The summed E-state index contributed by atoms with van der Waals surface area (Å²) in [6, 6.07) is 14.9. The molecule has 2 aromatic rings. The van der Waals surface area contributed by atoms with Gasteiger partial charge in [0, 0.05) is 4.90 Å². The number of rotatable bonds is 7. The molecular formula is C17H18N2O3S. The van der Waals surface area contributed by atoms with E-state index in [1.165, 1.54) is 4.90 Å². The summed E-state index contributed by atoms with van der Waals surface area (Å²) >= 11 is 1.67. The number of ether oxygens (including phenoxy) is 2. The maximum absolute atomic E-state index is 11.7. The summed E-state index contributed by atoms with van der Waals surface area (Å²) in [6.07, 6.45) is 3.61. The van der Waals surface area contributed by atoms with Crippen molar-refractivity contribution >= 4 is 23.9 Å². The Balaban J connectivity index is 1.76. The topological polar surface area (TPSA) is 59.9 Å². The van der Waals surface area contributed by atoms with Crippen LogP contribution >= 0.6 is 11.8 Å². The first-order valence-corrected chi connectivity index (χ1v) is 8.16. The number of carbonyl (C=O) groups is 1. The Morgan fingerprint density at radius 3 is 2.39 bits per heavy atom. The molecule has 1 N–H and O–H groups in total. The van der Waals surface area contributed by atoms with Crippen LogP contribution in [-0.2, 0) is 4.79 Å². The fourth-order valence-corrected chi connectivity index (χ4v) is 2.13. The minimum absolute atomic E-state index is 0.102. The number of nitrogens with zero attached hydrogens (tertiary/aromatic N) is 1. The van der Waals surface area contributed by atoms with Crippen molar-refractivity contribution in [2.24, 2.45) is 5.10 Å². The van der Waals surface area contributed by atoms with Crippen LogP contribution in [0.4, 0.5) is 0 Å². The van der Waals surface area contributed by atoms with E-state index in [4.69, 9.17) is 9.47 Å². The first-order chi connectivity index (χ1) is 11.2. The Bertz CT molecular complexity index is 655. The SMILES string of the molecule is COc1ccc(OCC(=O)NN=Cc2ccc(SC)cc2)cc1. The number of carbonyl (C=O) groups excluding carboxylic acids is 1. The molecule has 0 radical (unpaired) electrons. The Kier molecular flexibility index (Phi) is 6.50. The Labute approximate surface area is 139 Å². The van der Waals surface area contributed by atoms with Crippen molar-refractivity contribution in [3.05, 3.63) is 54.1 Å². The van der Waals surface area contributed by atoms with Crippen LogP contribution < -0.4 is 14.9 Å². The molecular weight excluding hydrogens is 312 g/mol.